The molecular weight excluding hydrogens is 398 g/mol. The van der Waals surface area contributed by atoms with Gasteiger partial charge in [-0.2, -0.15) is 0 Å². The molecule has 0 aliphatic heterocycles. The summed E-state index contributed by atoms with van der Waals surface area (Å²) in [4.78, 5) is 31.5. The van der Waals surface area contributed by atoms with Crippen molar-refractivity contribution in [3.63, 3.8) is 0 Å². The van der Waals surface area contributed by atoms with Gasteiger partial charge < -0.3 is 11.1 Å². The Kier molecular flexibility index (Phi) is 5.21. The van der Waals surface area contributed by atoms with Gasteiger partial charge in [-0.15, -0.1) is 11.3 Å². The van der Waals surface area contributed by atoms with Crippen LogP contribution in [0.1, 0.15) is 25.2 Å². The number of nitrogens with one attached hydrogen (secondary N) is 1. The first-order chi connectivity index (χ1) is 13.6. The smallest absolute Gasteiger partial charge is 0.262 e. The predicted molar refractivity (Wildman–Crippen MR) is 112 cm³/mol. The maximum absolute atomic E-state index is 13.1. The van der Waals surface area contributed by atoms with E-state index in [2.05, 4.69) is 20.3 Å². The van der Waals surface area contributed by atoms with Crippen LogP contribution in [-0.4, -0.2) is 31.0 Å². The molecular formula is C18H18ClN7OS. The molecule has 0 amide bonds. The van der Waals surface area contributed by atoms with Crippen LogP contribution in [0, 0.1) is 0 Å². The Labute approximate surface area is 169 Å². The fourth-order valence-corrected chi connectivity index (χ4v) is 3.98. The summed E-state index contributed by atoms with van der Waals surface area (Å²) in [5.41, 5.74) is 8.48. The topological polar surface area (TPSA) is 112 Å². The van der Waals surface area contributed by atoms with E-state index in [1.807, 2.05) is 6.92 Å². The van der Waals surface area contributed by atoms with Gasteiger partial charge in [0.2, 0.25) is 0 Å². The largest absolute Gasteiger partial charge is 0.358 e. The lowest BCUT2D eigenvalue weighted by Gasteiger charge is -2.20. The standard InChI is InChI=1S/C18H18ClN7OS/c1-10(24-15-14-17(22-8-21-15)28-9-23-14)16-25-12-5-2-4-11(19)13(12)18(27)26(16)7-3-6-20/h2,4-5,8-10H,3,6-7,20H2,1H3,(H,21,22,24)/t10-/m0/s1. The van der Waals surface area contributed by atoms with E-state index >= 15 is 0 Å². The predicted octanol–water partition coefficient (Wildman–Crippen LogP) is 2.97. The highest BCUT2D eigenvalue weighted by molar-refractivity contribution is 7.16. The maximum Gasteiger partial charge on any atom is 0.262 e. The molecule has 1 atom stereocenters. The molecule has 0 aliphatic carbocycles. The van der Waals surface area contributed by atoms with Crippen LogP contribution in [0.15, 0.2) is 34.8 Å². The van der Waals surface area contributed by atoms with Gasteiger partial charge in [0.1, 0.15) is 22.5 Å². The zero-order chi connectivity index (χ0) is 19.7. The van der Waals surface area contributed by atoms with Crippen molar-refractivity contribution in [2.45, 2.75) is 25.9 Å². The molecule has 0 bridgehead atoms. The molecule has 3 N–H and O–H groups in total. The second-order valence-electron chi connectivity index (χ2n) is 6.30. The highest BCUT2D eigenvalue weighted by Gasteiger charge is 2.19. The lowest BCUT2D eigenvalue weighted by Crippen LogP contribution is -2.29. The molecule has 0 fully saturated rings. The summed E-state index contributed by atoms with van der Waals surface area (Å²) in [5.74, 6) is 1.19. The molecule has 144 valence electrons. The number of thiazole rings is 1. The summed E-state index contributed by atoms with van der Waals surface area (Å²) in [6.45, 7) is 2.86. The fraction of sp³-hybridized carbons (Fsp3) is 0.278. The Morgan fingerprint density at radius 2 is 2.18 bits per heavy atom. The number of halogens is 1. The number of rotatable bonds is 6. The number of hydrogen-bond donors (Lipinski definition) is 2. The van der Waals surface area contributed by atoms with Gasteiger partial charge in [0, 0.05) is 6.54 Å². The minimum atomic E-state index is -0.298. The minimum Gasteiger partial charge on any atom is -0.358 e. The van der Waals surface area contributed by atoms with Gasteiger partial charge in [-0.05, 0) is 32.0 Å². The lowest BCUT2D eigenvalue weighted by atomic mass is 10.2. The van der Waals surface area contributed by atoms with Crippen molar-refractivity contribution in [2.75, 3.05) is 11.9 Å². The van der Waals surface area contributed by atoms with Crippen LogP contribution in [0.25, 0.3) is 21.3 Å². The summed E-state index contributed by atoms with van der Waals surface area (Å²) in [6, 6.07) is 4.97. The number of anilines is 1. The molecule has 3 heterocycles. The van der Waals surface area contributed by atoms with Crippen molar-refractivity contribution >= 4 is 50.0 Å². The number of fused-ring (bicyclic) bond motifs is 2. The van der Waals surface area contributed by atoms with Crippen molar-refractivity contribution in [2.24, 2.45) is 5.73 Å². The quantitative estimate of drug-likeness (QED) is 0.497. The molecule has 4 aromatic rings. The molecule has 10 heteroatoms. The van der Waals surface area contributed by atoms with Crippen LogP contribution >= 0.6 is 22.9 Å². The van der Waals surface area contributed by atoms with Crippen LogP contribution in [0.2, 0.25) is 5.02 Å². The summed E-state index contributed by atoms with van der Waals surface area (Å²) < 4.78 is 1.64. The Bertz CT molecular complexity index is 1210. The van der Waals surface area contributed by atoms with E-state index in [-0.39, 0.29) is 11.6 Å². The Hall–Kier alpha value is -2.62. The van der Waals surface area contributed by atoms with Crippen LogP contribution in [-0.2, 0) is 6.54 Å². The first-order valence-electron chi connectivity index (χ1n) is 8.80. The monoisotopic (exact) mass is 415 g/mol. The average molecular weight is 416 g/mol. The second-order valence-corrected chi connectivity index (χ2v) is 7.54. The molecule has 28 heavy (non-hydrogen) atoms. The molecule has 1 aromatic carbocycles. The van der Waals surface area contributed by atoms with Crippen LogP contribution in [0.3, 0.4) is 0 Å². The molecule has 0 radical (unpaired) electrons. The Balaban J connectivity index is 1.82. The van der Waals surface area contributed by atoms with E-state index in [9.17, 15) is 4.79 Å². The minimum absolute atomic E-state index is 0.172. The van der Waals surface area contributed by atoms with Gasteiger partial charge in [-0.3, -0.25) is 9.36 Å². The van der Waals surface area contributed by atoms with E-state index < -0.39 is 0 Å². The molecule has 0 saturated heterocycles. The zero-order valence-corrected chi connectivity index (χ0v) is 16.7. The molecule has 4 rings (SSSR count). The van der Waals surface area contributed by atoms with Crippen LogP contribution < -0.4 is 16.6 Å². The van der Waals surface area contributed by atoms with Crippen molar-refractivity contribution in [3.05, 3.63) is 51.2 Å². The van der Waals surface area contributed by atoms with Gasteiger partial charge in [0.25, 0.3) is 5.56 Å². The molecule has 0 aliphatic rings. The average Bonchev–Trinajstić information content (AvgIpc) is 3.17. The van der Waals surface area contributed by atoms with E-state index in [1.165, 1.54) is 17.7 Å². The SMILES string of the molecule is C[C@H](Nc1ncnc2scnc12)c1nc2cccc(Cl)c2c(=O)n1CCCN. The summed E-state index contributed by atoms with van der Waals surface area (Å²) in [5, 5.41) is 4.13. The summed E-state index contributed by atoms with van der Waals surface area (Å²) >= 11 is 7.71. The van der Waals surface area contributed by atoms with Gasteiger partial charge in [-0.1, -0.05) is 17.7 Å². The zero-order valence-electron chi connectivity index (χ0n) is 15.1. The third-order valence-electron chi connectivity index (χ3n) is 4.42. The van der Waals surface area contributed by atoms with E-state index in [0.717, 1.165) is 4.83 Å². The van der Waals surface area contributed by atoms with Crippen molar-refractivity contribution in [1.82, 2.24) is 24.5 Å². The number of nitrogens with two attached hydrogens (primary N) is 1. The van der Waals surface area contributed by atoms with Gasteiger partial charge in [-0.25, -0.2) is 19.9 Å². The van der Waals surface area contributed by atoms with Crippen molar-refractivity contribution in [3.8, 4) is 0 Å². The summed E-state index contributed by atoms with van der Waals surface area (Å²) in [6.07, 6.45) is 2.14. The molecule has 0 spiro atoms. The van der Waals surface area contributed by atoms with E-state index in [0.29, 0.717) is 52.6 Å². The molecule has 8 nitrogen and oxygen atoms in total. The highest BCUT2D eigenvalue weighted by atomic mass is 35.5. The number of nitrogens with zero attached hydrogens (tertiary/aromatic N) is 5. The molecule has 0 saturated carbocycles. The van der Waals surface area contributed by atoms with E-state index in [1.54, 1.807) is 28.3 Å². The first-order valence-corrected chi connectivity index (χ1v) is 10.1. The Morgan fingerprint density at radius 1 is 1.32 bits per heavy atom. The first kappa shape index (κ1) is 18.7. The van der Waals surface area contributed by atoms with Gasteiger partial charge >= 0.3 is 0 Å². The fourth-order valence-electron chi connectivity index (χ4n) is 3.11. The second kappa shape index (κ2) is 7.78. The molecule has 0 unspecified atom stereocenters. The number of hydrogen-bond acceptors (Lipinski definition) is 8. The Morgan fingerprint density at radius 3 is 3.00 bits per heavy atom. The molecule has 3 aromatic heterocycles. The number of benzene rings is 1. The van der Waals surface area contributed by atoms with Gasteiger partial charge in [0.15, 0.2) is 5.82 Å². The van der Waals surface area contributed by atoms with Gasteiger partial charge in [0.05, 0.1) is 27.5 Å². The van der Waals surface area contributed by atoms with Crippen molar-refractivity contribution < 1.29 is 0 Å². The normalized spacial score (nSPS) is 12.5. The van der Waals surface area contributed by atoms with Crippen LogP contribution in [0.5, 0.6) is 0 Å². The number of aromatic nitrogens is 5. The highest BCUT2D eigenvalue weighted by Crippen LogP contribution is 2.26. The van der Waals surface area contributed by atoms with Crippen molar-refractivity contribution in [1.29, 1.82) is 0 Å². The third kappa shape index (κ3) is 3.32. The third-order valence-corrected chi connectivity index (χ3v) is 5.47. The van der Waals surface area contributed by atoms with E-state index in [4.69, 9.17) is 22.3 Å². The summed E-state index contributed by atoms with van der Waals surface area (Å²) in [7, 11) is 0. The lowest BCUT2D eigenvalue weighted by molar-refractivity contribution is 0.570. The maximum atomic E-state index is 13.1. The van der Waals surface area contributed by atoms with Crippen LogP contribution in [0.4, 0.5) is 5.82 Å².